The molecule has 1 saturated heterocycles. The van der Waals surface area contributed by atoms with Crippen LogP contribution in [-0.4, -0.2) is 36.1 Å². The second-order valence-electron chi connectivity index (χ2n) is 5.95. The summed E-state index contributed by atoms with van der Waals surface area (Å²) in [5.74, 6) is 0.328. The smallest absolute Gasteiger partial charge is 0.0908 e. The first-order valence-corrected chi connectivity index (χ1v) is 6.92. The number of aliphatic hydroxyl groups is 1. The van der Waals surface area contributed by atoms with Gasteiger partial charge in [-0.1, -0.05) is 6.92 Å². The zero-order valence-electron chi connectivity index (χ0n) is 11.4. The lowest BCUT2D eigenvalue weighted by molar-refractivity contribution is -0.184. The molecule has 2 rings (SSSR count). The third-order valence-corrected chi connectivity index (χ3v) is 5.04. The number of hydrogen-bond acceptors (Lipinski definition) is 3. The summed E-state index contributed by atoms with van der Waals surface area (Å²) in [5, 5.41) is 10.6. The number of rotatable bonds is 4. The van der Waals surface area contributed by atoms with Crippen LogP contribution < -0.4 is 0 Å². The Balaban J connectivity index is 2.01. The molecule has 3 heteroatoms. The summed E-state index contributed by atoms with van der Waals surface area (Å²) >= 11 is 0. The van der Waals surface area contributed by atoms with Gasteiger partial charge >= 0.3 is 0 Å². The van der Waals surface area contributed by atoms with Crippen molar-refractivity contribution in [3.8, 4) is 0 Å². The molecule has 1 N–H and O–H groups in total. The van der Waals surface area contributed by atoms with Crippen LogP contribution in [0.3, 0.4) is 0 Å². The lowest BCUT2D eigenvalue weighted by Crippen LogP contribution is -2.53. The number of aliphatic hydroxyl groups excluding tert-OH is 1. The standard InChI is InChI=1S/C14H26O3/c1-4-13(2,16-3)12(15)11-6-9-17-14(10-11)7-5-8-14/h11-12,15H,4-10H2,1-3H3. The van der Waals surface area contributed by atoms with Crippen LogP contribution in [0.4, 0.5) is 0 Å². The molecule has 17 heavy (non-hydrogen) atoms. The summed E-state index contributed by atoms with van der Waals surface area (Å²) in [6.45, 7) is 4.89. The highest BCUT2D eigenvalue weighted by molar-refractivity contribution is 4.98. The van der Waals surface area contributed by atoms with E-state index in [2.05, 4.69) is 6.92 Å². The van der Waals surface area contributed by atoms with Crippen LogP contribution in [0.2, 0.25) is 0 Å². The van der Waals surface area contributed by atoms with Gasteiger partial charge in [-0.25, -0.2) is 0 Å². The lowest BCUT2D eigenvalue weighted by atomic mass is 9.69. The lowest BCUT2D eigenvalue weighted by Gasteiger charge is -2.50. The number of methoxy groups -OCH3 is 1. The molecule has 100 valence electrons. The third kappa shape index (κ3) is 2.38. The first-order chi connectivity index (χ1) is 8.05. The topological polar surface area (TPSA) is 38.7 Å². The quantitative estimate of drug-likeness (QED) is 0.823. The van der Waals surface area contributed by atoms with Crippen molar-refractivity contribution in [3.05, 3.63) is 0 Å². The monoisotopic (exact) mass is 242 g/mol. The highest BCUT2D eigenvalue weighted by atomic mass is 16.5. The summed E-state index contributed by atoms with van der Waals surface area (Å²) in [6.07, 6.45) is 6.05. The Kier molecular flexibility index (Phi) is 3.81. The molecule has 0 aromatic carbocycles. The van der Waals surface area contributed by atoms with Gasteiger partial charge < -0.3 is 14.6 Å². The Morgan fingerprint density at radius 2 is 2.24 bits per heavy atom. The van der Waals surface area contributed by atoms with Gasteiger partial charge in [0.15, 0.2) is 0 Å². The minimum absolute atomic E-state index is 0.103. The average molecular weight is 242 g/mol. The van der Waals surface area contributed by atoms with E-state index < -0.39 is 5.60 Å². The van der Waals surface area contributed by atoms with Gasteiger partial charge in [-0.15, -0.1) is 0 Å². The van der Waals surface area contributed by atoms with Crippen molar-refractivity contribution in [2.45, 2.75) is 69.7 Å². The van der Waals surface area contributed by atoms with Gasteiger partial charge in [-0.3, -0.25) is 0 Å². The molecule has 1 spiro atoms. The molecule has 3 unspecified atom stereocenters. The summed E-state index contributed by atoms with van der Waals surface area (Å²) in [7, 11) is 1.70. The van der Waals surface area contributed by atoms with Crippen molar-refractivity contribution in [3.63, 3.8) is 0 Å². The van der Waals surface area contributed by atoms with E-state index in [9.17, 15) is 5.11 Å². The molecule has 0 amide bonds. The average Bonchev–Trinajstić information content (AvgIpc) is 2.35. The summed E-state index contributed by atoms with van der Waals surface area (Å²) in [4.78, 5) is 0. The van der Waals surface area contributed by atoms with Gasteiger partial charge in [0.2, 0.25) is 0 Å². The highest BCUT2D eigenvalue weighted by Crippen LogP contribution is 2.46. The zero-order valence-corrected chi connectivity index (χ0v) is 11.4. The van der Waals surface area contributed by atoms with Crippen molar-refractivity contribution >= 4 is 0 Å². The van der Waals surface area contributed by atoms with Crippen LogP contribution in [-0.2, 0) is 9.47 Å². The molecule has 2 aliphatic rings. The van der Waals surface area contributed by atoms with E-state index in [0.717, 1.165) is 25.9 Å². The first-order valence-electron chi connectivity index (χ1n) is 6.92. The molecule has 3 nitrogen and oxygen atoms in total. The molecule has 3 atom stereocenters. The van der Waals surface area contributed by atoms with Crippen LogP contribution in [0.5, 0.6) is 0 Å². The molecule has 1 saturated carbocycles. The van der Waals surface area contributed by atoms with Gasteiger partial charge in [0.05, 0.1) is 17.3 Å². The van der Waals surface area contributed by atoms with Crippen LogP contribution in [0.1, 0.15) is 52.4 Å². The van der Waals surface area contributed by atoms with Crippen molar-refractivity contribution in [2.75, 3.05) is 13.7 Å². The van der Waals surface area contributed by atoms with Gasteiger partial charge in [0.25, 0.3) is 0 Å². The fourth-order valence-electron chi connectivity index (χ4n) is 3.23. The predicted molar refractivity (Wildman–Crippen MR) is 67.0 cm³/mol. The van der Waals surface area contributed by atoms with Crippen molar-refractivity contribution in [2.24, 2.45) is 5.92 Å². The first kappa shape index (κ1) is 13.3. The van der Waals surface area contributed by atoms with Gasteiger partial charge in [-0.05, 0) is 51.4 Å². The maximum Gasteiger partial charge on any atom is 0.0908 e. The third-order valence-electron chi connectivity index (χ3n) is 5.04. The SMILES string of the molecule is CCC(C)(OC)C(O)C1CCOC2(CCC2)C1. The normalized spacial score (nSPS) is 32.8. The molecule has 1 heterocycles. The largest absolute Gasteiger partial charge is 0.390 e. The number of ether oxygens (including phenoxy) is 2. The minimum Gasteiger partial charge on any atom is -0.390 e. The van der Waals surface area contributed by atoms with E-state index in [1.165, 1.54) is 19.3 Å². The Hall–Kier alpha value is -0.120. The molecule has 0 radical (unpaired) electrons. The van der Waals surface area contributed by atoms with E-state index in [-0.39, 0.29) is 11.7 Å². The summed E-state index contributed by atoms with van der Waals surface area (Å²) < 4.78 is 11.4. The van der Waals surface area contributed by atoms with E-state index in [0.29, 0.717) is 5.92 Å². The van der Waals surface area contributed by atoms with Crippen molar-refractivity contribution in [1.82, 2.24) is 0 Å². The van der Waals surface area contributed by atoms with Crippen LogP contribution >= 0.6 is 0 Å². The van der Waals surface area contributed by atoms with E-state index >= 15 is 0 Å². The molecular weight excluding hydrogens is 216 g/mol. The Morgan fingerprint density at radius 1 is 1.53 bits per heavy atom. The van der Waals surface area contributed by atoms with Crippen LogP contribution in [0, 0.1) is 5.92 Å². The Morgan fingerprint density at radius 3 is 2.71 bits per heavy atom. The van der Waals surface area contributed by atoms with Crippen molar-refractivity contribution in [1.29, 1.82) is 0 Å². The second-order valence-corrected chi connectivity index (χ2v) is 5.95. The van der Waals surface area contributed by atoms with Crippen LogP contribution in [0.25, 0.3) is 0 Å². The zero-order chi connectivity index (χ0) is 12.5. The molecule has 0 bridgehead atoms. The van der Waals surface area contributed by atoms with Gasteiger partial charge in [0.1, 0.15) is 0 Å². The molecule has 0 aromatic rings. The number of hydrogen-bond donors (Lipinski definition) is 1. The van der Waals surface area contributed by atoms with Gasteiger partial charge in [-0.2, -0.15) is 0 Å². The molecule has 1 aliphatic heterocycles. The van der Waals surface area contributed by atoms with Gasteiger partial charge in [0, 0.05) is 13.7 Å². The minimum atomic E-state index is -0.410. The Bertz CT molecular complexity index is 256. The molecular formula is C14H26O3. The second kappa shape index (κ2) is 4.87. The molecule has 1 aliphatic carbocycles. The maximum absolute atomic E-state index is 10.6. The van der Waals surface area contributed by atoms with E-state index in [4.69, 9.17) is 9.47 Å². The molecule has 2 fully saturated rings. The highest BCUT2D eigenvalue weighted by Gasteiger charge is 2.47. The van der Waals surface area contributed by atoms with Crippen molar-refractivity contribution < 1.29 is 14.6 Å². The Labute approximate surface area is 104 Å². The summed E-state index contributed by atoms with van der Waals surface area (Å²) in [5.41, 5.74) is -0.306. The van der Waals surface area contributed by atoms with E-state index in [1.807, 2.05) is 6.92 Å². The molecule has 0 aromatic heterocycles. The maximum atomic E-state index is 10.6. The summed E-state index contributed by atoms with van der Waals surface area (Å²) in [6, 6.07) is 0. The predicted octanol–water partition coefficient (Wildman–Crippen LogP) is 2.51. The fourth-order valence-corrected chi connectivity index (χ4v) is 3.23. The van der Waals surface area contributed by atoms with Crippen LogP contribution in [0.15, 0.2) is 0 Å². The van der Waals surface area contributed by atoms with E-state index in [1.54, 1.807) is 7.11 Å². The fraction of sp³-hybridized carbons (Fsp3) is 1.00.